The van der Waals surface area contributed by atoms with E-state index in [1.165, 1.54) is 0 Å². The molecule has 76 valence electrons. The first-order chi connectivity index (χ1) is 6.27. The third-order valence-electron chi connectivity index (χ3n) is 2.16. The zero-order valence-corrected chi connectivity index (χ0v) is 9.55. The van der Waals surface area contributed by atoms with Crippen molar-refractivity contribution in [3.8, 4) is 0 Å². The van der Waals surface area contributed by atoms with Gasteiger partial charge in [-0.25, -0.2) is 4.79 Å². The molecule has 0 atom stereocenters. The van der Waals surface area contributed by atoms with Crippen LogP contribution >= 0.6 is 15.9 Å². The summed E-state index contributed by atoms with van der Waals surface area (Å²) in [5, 5.41) is 0.978. The van der Waals surface area contributed by atoms with Gasteiger partial charge in [-0.3, -0.25) is 0 Å². The number of amides is 1. The van der Waals surface area contributed by atoms with Gasteiger partial charge in [-0.05, 0) is 6.42 Å². The molecule has 0 spiro atoms. The van der Waals surface area contributed by atoms with Crippen LogP contribution in [0.4, 0.5) is 4.79 Å². The number of carbonyl (C=O) groups is 1. The maximum atomic E-state index is 11.3. The van der Waals surface area contributed by atoms with Gasteiger partial charge in [0.05, 0.1) is 6.61 Å². The van der Waals surface area contributed by atoms with Crippen LogP contribution in [0.2, 0.25) is 0 Å². The first-order valence-corrected chi connectivity index (χ1v) is 5.87. The highest BCUT2D eigenvalue weighted by Gasteiger charge is 2.30. The molecule has 0 saturated carbocycles. The summed E-state index contributed by atoms with van der Waals surface area (Å²) in [5.41, 5.74) is 0. The van der Waals surface area contributed by atoms with Gasteiger partial charge in [-0.1, -0.05) is 29.3 Å². The van der Waals surface area contributed by atoms with Gasteiger partial charge in [0.15, 0.2) is 0 Å². The van der Waals surface area contributed by atoms with Gasteiger partial charge in [0.25, 0.3) is 0 Å². The first kappa shape index (κ1) is 10.8. The fourth-order valence-electron chi connectivity index (χ4n) is 1.21. The van der Waals surface area contributed by atoms with Crippen LogP contribution < -0.4 is 0 Å². The van der Waals surface area contributed by atoms with E-state index in [1.807, 2.05) is 0 Å². The Bertz CT molecular complexity index is 169. The van der Waals surface area contributed by atoms with E-state index in [-0.39, 0.29) is 6.09 Å². The molecule has 0 aromatic rings. The molecule has 0 aliphatic carbocycles. The molecule has 1 aliphatic rings. The van der Waals surface area contributed by atoms with Crippen LogP contribution in [0.25, 0.3) is 0 Å². The number of hydrogen-bond donors (Lipinski definition) is 0. The van der Waals surface area contributed by atoms with E-state index in [9.17, 15) is 4.79 Å². The lowest BCUT2D eigenvalue weighted by atomic mass is 10.0. The fourth-order valence-corrected chi connectivity index (χ4v) is 1.62. The van der Waals surface area contributed by atoms with Gasteiger partial charge in [0.1, 0.15) is 0 Å². The van der Waals surface area contributed by atoms with Crippen LogP contribution in [-0.4, -0.2) is 36.0 Å². The van der Waals surface area contributed by atoms with E-state index >= 15 is 0 Å². The Balaban J connectivity index is 2.05. The minimum absolute atomic E-state index is 0.148. The number of unbranched alkanes of at least 4 members (excludes halogenated alkanes) is 1. The van der Waals surface area contributed by atoms with Crippen molar-refractivity contribution in [2.75, 3.05) is 25.0 Å². The van der Waals surface area contributed by atoms with Gasteiger partial charge in [0.2, 0.25) is 0 Å². The standard InChI is InChI=1S/C9H16BrNO2/c1-2-3-4-13-9(12)11-6-8(5-10)7-11/h8H,2-7H2,1H3. The smallest absolute Gasteiger partial charge is 0.409 e. The quantitative estimate of drug-likeness (QED) is 0.565. The number of carbonyl (C=O) groups excluding carboxylic acids is 1. The lowest BCUT2D eigenvalue weighted by Gasteiger charge is -2.37. The summed E-state index contributed by atoms with van der Waals surface area (Å²) < 4.78 is 5.05. The summed E-state index contributed by atoms with van der Waals surface area (Å²) in [6.07, 6.45) is 1.88. The lowest BCUT2D eigenvalue weighted by molar-refractivity contribution is 0.0595. The zero-order chi connectivity index (χ0) is 9.68. The summed E-state index contributed by atoms with van der Waals surface area (Å²) in [7, 11) is 0. The second kappa shape index (κ2) is 5.47. The van der Waals surface area contributed by atoms with Gasteiger partial charge in [0, 0.05) is 24.3 Å². The maximum absolute atomic E-state index is 11.3. The van der Waals surface area contributed by atoms with Gasteiger partial charge >= 0.3 is 6.09 Å². The number of hydrogen-bond acceptors (Lipinski definition) is 2. The molecular formula is C9H16BrNO2. The molecular weight excluding hydrogens is 234 g/mol. The van der Waals surface area contributed by atoms with Crippen LogP contribution in [0.3, 0.4) is 0 Å². The largest absolute Gasteiger partial charge is 0.449 e. The minimum Gasteiger partial charge on any atom is -0.449 e. The molecule has 1 aliphatic heterocycles. The van der Waals surface area contributed by atoms with Gasteiger partial charge < -0.3 is 9.64 Å². The average molecular weight is 250 g/mol. The molecule has 3 nitrogen and oxygen atoms in total. The average Bonchev–Trinajstić information content (AvgIpc) is 2.03. The molecule has 0 aromatic carbocycles. The number of rotatable bonds is 4. The van der Waals surface area contributed by atoms with Crippen molar-refractivity contribution in [3.63, 3.8) is 0 Å². The van der Waals surface area contributed by atoms with Crippen molar-refractivity contribution >= 4 is 22.0 Å². The molecule has 1 amide bonds. The van der Waals surface area contributed by atoms with Crippen LogP contribution in [0, 0.1) is 5.92 Å². The Hall–Kier alpha value is -0.250. The van der Waals surface area contributed by atoms with E-state index < -0.39 is 0 Å². The summed E-state index contributed by atoms with van der Waals surface area (Å²) in [6.45, 7) is 4.33. The highest BCUT2D eigenvalue weighted by molar-refractivity contribution is 9.09. The highest BCUT2D eigenvalue weighted by Crippen LogP contribution is 2.18. The summed E-state index contributed by atoms with van der Waals surface area (Å²) in [4.78, 5) is 13.0. The van der Waals surface area contributed by atoms with E-state index in [4.69, 9.17) is 4.74 Å². The summed E-state index contributed by atoms with van der Waals surface area (Å²) in [6, 6.07) is 0. The topological polar surface area (TPSA) is 29.5 Å². The second-order valence-corrected chi connectivity index (χ2v) is 4.04. The summed E-state index contributed by atoms with van der Waals surface area (Å²) in [5.74, 6) is 0.624. The van der Waals surface area contributed by atoms with Crippen molar-refractivity contribution in [1.29, 1.82) is 0 Å². The molecule has 1 heterocycles. The van der Waals surface area contributed by atoms with Crippen molar-refractivity contribution < 1.29 is 9.53 Å². The number of ether oxygens (including phenoxy) is 1. The highest BCUT2D eigenvalue weighted by atomic mass is 79.9. The number of halogens is 1. The van der Waals surface area contributed by atoms with Crippen LogP contribution in [-0.2, 0) is 4.74 Å². The van der Waals surface area contributed by atoms with Crippen molar-refractivity contribution in [3.05, 3.63) is 0 Å². The van der Waals surface area contributed by atoms with Crippen LogP contribution in [0.15, 0.2) is 0 Å². The van der Waals surface area contributed by atoms with E-state index in [0.717, 1.165) is 31.3 Å². The predicted molar refractivity (Wildman–Crippen MR) is 55.1 cm³/mol. The number of nitrogens with zero attached hydrogens (tertiary/aromatic N) is 1. The Morgan fingerprint density at radius 2 is 2.31 bits per heavy atom. The molecule has 0 bridgehead atoms. The summed E-state index contributed by atoms with van der Waals surface area (Å²) >= 11 is 3.39. The molecule has 0 aromatic heterocycles. The molecule has 1 rings (SSSR count). The third-order valence-corrected chi connectivity index (χ3v) is 3.07. The number of alkyl halides is 1. The van der Waals surface area contributed by atoms with E-state index in [1.54, 1.807) is 4.90 Å². The van der Waals surface area contributed by atoms with Gasteiger partial charge in [-0.2, -0.15) is 0 Å². The van der Waals surface area contributed by atoms with E-state index in [0.29, 0.717) is 12.5 Å². The van der Waals surface area contributed by atoms with Crippen LogP contribution in [0.5, 0.6) is 0 Å². The Morgan fingerprint density at radius 3 is 2.85 bits per heavy atom. The van der Waals surface area contributed by atoms with Crippen LogP contribution in [0.1, 0.15) is 19.8 Å². The Kier molecular flexibility index (Phi) is 4.56. The van der Waals surface area contributed by atoms with Crippen molar-refractivity contribution in [2.45, 2.75) is 19.8 Å². The monoisotopic (exact) mass is 249 g/mol. The van der Waals surface area contributed by atoms with Crippen molar-refractivity contribution in [1.82, 2.24) is 4.90 Å². The Morgan fingerprint density at radius 1 is 1.62 bits per heavy atom. The van der Waals surface area contributed by atoms with Gasteiger partial charge in [-0.15, -0.1) is 0 Å². The lowest BCUT2D eigenvalue weighted by Crippen LogP contribution is -2.50. The molecule has 0 unspecified atom stereocenters. The molecule has 13 heavy (non-hydrogen) atoms. The third kappa shape index (κ3) is 3.18. The second-order valence-electron chi connectivity index (χ2n) is 3.39. The predicted octanol–water partition coefficient (Wildman–Crippen LogP) is 2.25. The molecule has 0 N–H and O–H groups in total. The van der Waals surface area contributed by atoms with E-state index in [2.05, 4.69) is 22.9 Å². The fraction of sp³-hybridized carbons (Fsp3) is 0.889. The molecule has 1 saturated heterocycles. The number of likely N-dealkylation sites (tertiary alicyclic amines) is 1. The Labute approximate surface area is 87.6 Å². The molecule has 4 heteroatoms. The maximum Gasteiger partial charge on any atom is 0.409 e. The molecule has 1 fully saturated rings. The SMILES string of the molecule is CCCCOC(=O)N1CC(CBr)C1. The zero-order valence-electron chi connectivity index (χ0n) is 7.96. The van der Waals surface area contributed by atoms with Crippen molar-refractivity contribution in [2.24, 2.45) is 5.92 Å². The first-order valence-electron chi connectivity index (χ1n) is 4.75. The normalized spacial score (nSPS) is 16.9. The minimum atomic E-state index is -0.148. The molecule has 0 radical (unpaired) electrons.